The number of hydrogen-bond donors (Lipinski definition) is 2. The van der Waals surface area contributed by atoms with Crippen LogP contribution in [0.1, 0.15) is 52.9 Å². The summed E-state index contributed by atoms with van der Waals surface area (Å²) in [5.41, 5.74) is 0.119. The fraction of sp³-hybridized carbons (Fsp3) is 0.867. The predicted octanol–water partition coefficient (Wildman–Crippen LogP) is 2.71. The maximum absolute atomic E-state index is 12.1. The van der Waals surface area contributed by atoms with Crippen molar-refractivity contribution in [3.8, 4) is 0 Å². The van der Waals surface area contributed by atoms with Gasteiger partial charge in [-0.05, 0) is 37.0 Å². The van der Waals surface area contributed by atoms with Gasteiger partial charge in [-0.2, -0.15) is 0 Å². The first kappa shape index (κ1) is 16.8. The molecule has 5 nitrogen and oxygen atoms in total. The summed E-state index contributed by atoms with van der Waals surface area (Å²) in [6.07, 6.45) is 3.88. The van der Waals surface area contributed by atoms with Crippen molar-refractivity contribution >= 4 is 12.0 Å². The van der Waals surface area contributed by atoms with Gasteiger partial charge in [0, 0.05) is 26.1 Å². The zero-order chi connectivity index (χ0) is 15.2. The first-order valence-electron chi connectivity index (χ1n) is 7.58. The van der Waals surface area contributed by atoms with Crippen molar-refractivity contribution < 1.29 is 14.7 Å². The highest BCUT2D eigenvalue weighted by atomic mass is 16.4. The van der Waals surface area contributed by atoms with Gasteiger partial charge in [0.2, 0.25) is 0 Å². The van der Waals surface area contributed by atoms with Crippen molar-refractivity contribution in [1.29, 1.82) is 0 Å². The normalized spacial score (nSPS) is 19.8. The number of likely N-dealkylation sites (tertiary alicyclic amines) is 1. The number of nitrogens with one attached hydrogen (secondary N) is 1. The molecule has 1 atom stereocenters. The molecular formula is C15H28N2O3. The van der Waals surface area contributed by atoms with Gasteiger partial charge in [0.05, 0.1) is 0 Å². The summed E-state index contributed by atoms with van der Waals surface area (Å²) in [5, 5.41) is 11.7. The van der Waals surface area contributed by atoms with Crippen molar-refractivity contribution in [3.63, 3.8) is 0 Å². The molecule has 1 unspecified atom stereocenters. The Morgan fingerprint density at radius 1 is 1.40 bits per heavy atom. The van der Waals surface area contributed by atoms with Crippen molar-refractivity contribution in [3.05, 3.63) is 0 Å². The van der Waals surface area contributed by atoms with E-state index < -0.39 is 5.97 Å². The summed E-state index contributed by atoms with van der Waals surface area (Å²) in [7, 11) is 0. The van der Waals surface area contributed by atoms with Gasteiger partial charge in [-0.25, -0.2) is 4.79 Å². The number of carboxylic acids is 1. The van der Waals surface area contributed by atoms with E-state index in [9.17, 15) is 9.59 Å². The summed E-state index contributed by atoms with van der Waals surface area (Å²) in [6, 6.07) is -0.00782. The van der Waals surface area contributed by atoms with E-state index in [4.69, 9.17) is 5.11 Å². The van der Waals surface area contributed by atoms with Crippen LogP contribution in [0.2, 0.25) is 0 Å². The molecule has 2 amide bonds. The van der Waals surface area contributed by atoms with Gasteiger partial charge in [0.25, 0.3) is 0 Å². The second-order valence-electron chi connectivity index (χ2n) is 6.56. The Morgan fingerprint density at radius 2 is 2.10 bits per heavy atom. The summed E-state index contributed by atoms with van der Waals surface area (Å²) < 4.78 is 0. The maximum atomic E-state index is 12.1. The van der Waals surface area contributed by atoms with Crippen LogP contribution in [0.3, 0.4) is 0 Å². The third-order valence-corrected chi connectivity index (χ3v) is 4.25. The van der Waals surface area contributed by atoms with Gasteiger partial charge in [0.15, 0.2) is 0 Å². The molecule has 0 bridgehead atoms. The average Bonchev–Trinajstić information content (AvgIpc) is 2.43. The Balaban J connectivity index is 2.38. The molecule has 20 heavy (non-hydrogen) atoms. The molecule has 0 spiro atoms. The minimum Gasteiger partial charge on any atom is -0.481 e. The lowest BCUT2D eigenvalue weighted by Gasteiger charge is -2.33. The monoisotopic (exact) mass is 284 g/mol. The number of carboxylic acid groups (broad SMARTS) is 1. The summed E-state index contributed by atoms with van der Waals surface area (Å²) in [6.45, 7) is 8.54. The molecular weight excluding hydrogens is 256 g/mol. The van der Waals surface area contributed by atoms with Crippen molar-refractivity contribution in [1.82, 2.24) is 10.2 Å². The van der Waals surface area contributed by atoms with Crippen molar-refractivity contribution in [2.45, 2.75) is 52.9 Å². The number of carbonyl (C=O) groups is 2. The van der Waals surface area contributed by atoms with Gasteiger partial charge in [-0.3, -0.25) is 4.79 Å². The second-order valence-corrected chi connectivity index (χ2v) is 6.56. The number of piperidine rings is 1. The minimum atomic E-state index is -0.753. The number of aliphatic carboxylic acids is 1. The molecule has 0 saturated carbocycles. The number of rotatable bonds is 6. The van der Waals surface area contributed by atoms with E-state index in [0.29, 0.717) is 25.4 Å². The van der Waals surface area contributed by atoms with Crippen molar-refractivity contribution in [2.75, 3.05) is 19.6 Å². The van der Waals surface area contributed by atoms with E-state index in [-0.39, 0.29) is 17.9 Å². The first-order chi connectivity index (χ1) is 9.34. The number of carbonyl (C=O) groups excluding carboxylic acids is 1. The summed E-state index contributed by atoms with van der Waals surface area (Å²) >= 11 is 0. The van der Waals surface area contributed by atoms with Crippen LogP contribution in [0.4, 0.5) is 4.79 Å². The fourth-order valence-corrected chi connectivity index (χ4v) is 2.36. The van der Waals surface area contributed by atoms with Crippen LogP contribution < -0.4 is 5.32 Å². The average molecular weight is 284 g/mol. The Labute approximate surface area is 121 Å². The number of urea groups is 1. The van der Waals surface area contributed by atoms with Gasteiger partial charge in [-0.15, -0.1) is 0 Å². The zero-order valence-electron chi connectivity index (χ0n) is 12.9. The first-order valence-corrected chi connectivity index (χ1v) is 7.58. The highest BCUT2D eigenvalue weighted by Gasteiger charge is 2.25. The molecule has 116 valence electrons. The lowest BCUT2D eigenvalue weighted by atomic mass is 9.90. The van der Waals surface area contributed by atoms with Crippen LogP contribution in [0.5, 0.6) is 0 Å². The Hall–Kier alpha value is -1.26. The third kappa shape index (κ3) is 5.80. The third-order valence-electron chi connectivity index (χ3n) is 4.25. The quantitative estimate of drug-likeness (QED) is 0.788. The lowest BCUT2D eigenvalue weighted by Crippen LogP contribution is -2.47. The van der Waals surface area contributed by atoms with Gasteiger partial charge >= 0.3 is 12.0 Å². The predicted molar refractivity (Wildman–Crippen MR) is 78.6 cm³/mol. The molecule has 0 radical (unpaired) electrons. The van der Waals surface area contributed by atoms with Gasteiger partial charge in [-0.1, -0.05) is 20.8 Å². The fourth-order valence-electron chi connectivity index (χ4n) is 2.36. The molecule has 0 aromatic heterocycles. The van der Waals surface area contributed by atoms with E-state index in [1.54, 1.807) is 0 Å². The Morgan fingerprint density at radius 3 is 2.70 bits per heavy atom. The summed E-state index contributed by atoms with van der Waals surface area (Å²) in [4.78, 5) is 24.6. The van der Waals surface area contributed by atoms with E-state index >= 15 is 0 Å². The lowest BCUT2D eigenvalue weighted by molar-refractivity contribution is -0.137. The molecule has 2 N–H and O–H groups in total. The SMILES string of the molecule is CCC(C)(C)CNC(=O)N1CCCC(CCC(=O)O)C1. The molecule has 0 aromatic rings. The molecule has 5 heteroatoms. The van der Waals surface area contributed by atoms with Crippen LogP contribution in [-0.4, -0.2) is 41.6 Å². The molecule has 1 saturated heterocycles. The van der Waals surface area contributed by atoms with Crippen LogP contribution in [0, 0.1) is 11.3 Å². The Bertz CT molecular complexity index is 342. The molecule has 1 rings (SSSR count). The highest BCUT2D eigenvalue weighted by Crippen LogP contribution is 2.22. The smallest absolute Gasteiger partial charge is 0.317 e. The maximum Gasteiger partial charge on any atom is 0.317 e. The molecule has 1 aliphatic heterocycles. The van der Waals surface area contributed by atoms with Crippen LogP contribution in [0.25, 0.3) is 0 Å². The van der Waals surface area contributed by atoms with E-state index in [1.807, 2.05) is 4.90 Å². The summed E-state index contributed by atoms with van der Waals surface area (Å²) in [5.74, 6) is -0.430. The molecule has 1 aliphatic rings. The van der Waals surface area contributed by atoms with Gasteiger partial charge < -0.3 is 15.3 Å². The molecule has 0 aliphatic carbocycles. The topological polar surface area (TPSA) is 69.6 Å². The van der Waals surface area contributed by atoms with Gasteiger partial charge in [0.1, 0.15) is 0 Å². The second kappa shape index (κ2) is 7.50. The molecule has 1 fully saturated rings. The number of amides is 2. The number of nitrogens with zero attached hydrogens (tertiary/aromatic N) is 1. The van der Waals surface area contributed by atoms with Crippen LogP contribution in [0.15, 0.2) is 0 Å². The molecule has 0 aromatic carbocycles. The van der Waals surface area contributed by atoms with E-state index in [0.717, 1.165) is 25.8 Å². The van der Waals surface area contributed by atoms with Crippen LogP contribution in [-0.2, 0) is 4.79 Å². The number of hydrogen-bond acceptors (Lipinski definition) is 2. The van der Waals surface area contributed by atoms with Crippen molar-refractivity contribution in [2.24, 2.45) is 11.3 Å². The zero-order valence-corrected chi connectivity index (χ0v) is 12.9. The van der Waals surface area contributed by atoms with E-state index in [2.05, 4.69) is 26.1 Å². The molecule has 1 heterocycles. The Kier molecular flexibility index (Phi) is 6.30. The minimum absolute atomic E-state index is 0.00782. The van der Waals surface area contributed by atoms with Crippen LogP contribution >= 0.6 is 0 Å². The standard InChI is InChI=1S/C15H28N2O3/c1-4-15(2,3)11-16-14(20)17-9-5-6-12(10-17)7-8-13(18)19/h12H,4-11H2,1-3H3,(H,16,20)(H,18,19). The largest absolute Gasteiger partial charge is 0.481 e. The van der Waals surface area contributed by atoms with E-state index in [1.165, 1.54) is 0 Å². The highest BCUT2D eigenvalue weighted by molar-refractivity contribution is 5.74.